The molecule has 1 fully saturated rings. The monoisotopic (exact) mass is 505 g/mol. The van der Waals surface area contributed by atoms with Crippen molar-refractivity contribution in [1.82, 2.24) is 4.90 Å². The van der Waals surface area contributed by atoms with Crippen molar-refractivity contribution < 1.29 is 28.7 Å². The molecule has 3 N–H and O–H groups in total. The third kappa shape index (κ3) is 5.66. The third-order valence-corrected chi connectivity index (χ3v) is 6.08. The summed E-state index contributed by atoms with van der Waals surface area (Å²) in [6.45, 7) is 1.42. The Morgan fingerprint density at radius 1 is 1.03 bits per heavy atom. The second-order valence-electron chi connectivity index (χ2n) is 7.74. The Labute approximate surface area is 211 Å². The summed E-state index contributed by atoms with van der Waals surface area (Å²) in [4.78, 5) is 50.2. The highest BCUT2D eigenvalue weighted by Crippen LogP contribution is 2.35. The number of rotatable bonds is 9. The van der Waals surface area contributed by atoms with Crippen molar-refractivity contribution in [1.29, 1.82) is 0 Å². The zero-order chi connectivity index (χ0) is 25.7. The molecule has 4 rings (SSSR count). The molecule has 1 saturated heterocycles. The molecule has 0 spiro atoms. The summed E-state index contributed by atoms with van der Waals surface area (Å²) in [6, 6.07) is 18.0. The maximum Gasteiger partial charge on any atom is 0.294 e. The van der Waals surface area contributed by atoms with Gasteiger partial charge in [-0.25, -0.2) is 0 Å². The van der Waals surface area contributed by atoms with Crippen LogP contribution in [0.1, 0.15) is 12.5 Å². The predicted octanol–water partition coefficient (Wildman–Crippen LogP) is 3.78. The molecule has 0 atom stereocenters. The van der Waals surface area contributed by atoms with E-state index in [0.29, 0.717) is 29.4 Å². The van der Waals surface area contributed by atoms with Gasteiger partial charge < -0.3 is 20.5 Å². The van der Waals surface area contributed by atoms with Crippen molar-refractivity contribution in [3.63, 3.8) is 0 Å². The highest BCUT2D eigenvalue weighted by Gasteiger charge is 2.36. The number of nitrogens with two attached hydrogens (primary N) is 1. The van der Waals surface area contributed by atoms with E-state index in [-0.39, 0.29) is 11.5 Å². The minimum absolute atomic E-state index is 0.172. The lowest BCUT2D eigenvalue weighted by Crippen LogP contribution is -2.36. The second kappa shape index (κ2) is 11.0. The van der Waals surface area contributed by atoms with Gasteiger partial charge in [0.25, 0.3) is 17.1 Å². The minimum atomic E-state index is -0.625. The summed E-state index contributed by atoms with van der Waals surface area (Å²) in [7, 11) is 0. The first kappa shape index (κ1) is 24.8. The van der Waals surface area contributed by atoms with Crippen LogP contribution in [-0.4, -0.2) is 47.6 Å². The van der Waals surface area contributed by atoms with Crippen LogP contribution < -0.4 is 20.5 Å². The standard InChI is InChI=1S/C26H23N3O6S/c1-2-34-21-12-16(10-11-20(21)35-15-23(27)30)13-22-25(32)29(26(33)36-22)14-24(31)28-19-9-5-7-17-6-3-4-8-18(17)19/h3-13H,2,14-15H2,1H3,(H2,27,30)(H,28,31)/b22-13-. The molecule has 0 aliphatic carbocycles. The lowest BCUT2D eigenvalue weighted by Gasteiger charge is -2.13. The number of hydrogen-bond acceptors (Lipinski definition) is 7. The highest BCUT2D eigenvalue weighted by atomic mass is 32.2. The van der Waals surface area contributed by atoms with E-state index in [4.69, 9.17) is 15.2 Å². The number of carbonyl (C=O) groups is 4. The number of nitrogens with zero attached hydrogens (tertiary/aromatic N) is 1. The molecule has 0 saturated carbocycles. The molecule has 4 amide bonds. The Balaban J connectivity index is 1.48. The number of amides is 4. The number of benzene rings is 3. The van der Waals surface area contributed by atoms with Gasteiger partial charge in [-0.1, -0.05) is 42.5 Å². The van der Waals surface area contributed by atoms with Gasteiger partial charge in [0.2, 0.25) is 5.91 Å². The van der Waals surface area contributed by atoms with E-state index in [2.05, 4.69) is 5.32 Å². The van der Waals surface area contributed by atoms with Gasteiger partial charge in [-0.05, 0) is 53.9 Å². The van der Waals surface area contributed by atoms with Gasteiger partial charge in [0.05, 0.1) is 11.5 Å². The van der Waals surface area contributed by atoms with Gasteiger partial charge in [-0.2, -0.15) is 0 Å². The zero-order valence-electron chi connectivity index (χ0n) is 19.4. The third-order valence-electron chi connectivity index (χ3n) is 5.17. The molecule has 1 heterocycles. The Bertz CT molecular complexity index is 1380. The number of hydrogen-bond donors (Lipinski definition) is 2. The number of thioether (sulfide) groups is 1. The molecule has 0 bridgehead atoms. The van der Waals surface area contributed by atoms with Crippen molar-refractivity contribution in [2.24, 2.45) is 5.73 Å². The molecule has 1 aliphatic heterocycles. The molecule has 3 aromatic carbocycles. The summed E-state index contributed by atoms with van der Waals surface area (Å²) in [5.41, 5.74) is 6.31. The van der Waals surface area contributed by atoms with Crippen LogP contribution in [-0.2, 0) is 14.4 Å². The van der Waals surface area contributed by atoms with E-state index >= 15 is 0 Å². The van der Waals surface area contributed by atoms with E-state index in [0.717, 1.165) is 27.4 Å². The molecular formula is C26H23N3O6S. The van der Waals surface area contributed by atoms with Crippen molar-refractivity contribution in [3.05, 3.63) is 71.1 Å². The fraction of sp³-hybridized carbons (Fsp3) is 0.154. The Morgan fingerprint density at radius 2 is 1.81 bits per heavy atom. The molecule has 36 heavy (non-hydrogen) atoms. The lowest BCUT2D eigenvalue weighted by atomic mass is 10.1. The first-order chi connectivity index (χ1) is 17.4. The van der Waals surface area contributed by atoms with Crippen molar-refractivity contribution in [3.8, 4) is 11.5 Å². The lowest BCUT2D eigenvalue weighted by molar-refractivity contribution is -0.127. The minimum Gasteiger partial charge on any atom is -0.490 e. The molecule has 0 aromatic heterocycles. The van der Waals surface area contributed by atoms with Gasteiger partial charge in [0.1, 0.15) is 6.54 Å². The van der Waals surface area contributed by atoms with Gasteiger partial charge in [0, 0.05) is 11.1 Å². The Kier molecular flexibility index (Phi) is 7.55. The number of ether oxygens (including phenoxy) is 2. The van der Waals surface area contributed by atoms with Crippen LogP contribution >= 0.6 is 11.8 Å². The van der Waals surface area contributed by atoms with E-state index < -0.39 is 29.5 Å². The summed E-state index contributed by atoms with van der Waals surface area (Å²) in [5.74, 6) is -0.985. The van der Waals surface area contributed by atoms with Crippen LogP contribution in [0.4, 0.5) is 10.5 Å². The molecule has 0 radical (unpaired) electrons. The molecule has 9 nitrogen and oxygen atoms in total. The number of anilines is 1. The number of imide groups is 1. The quantitative estimate of drug-likeness (QED) is 0.424. The predicted molar refractivity (Wildman–Crippen MR) is 138 cm³/mol. The van der Waals surface area contributed by atoms with E-state index in [1.165, 1.54) is 6.08 Å². The summed E-state index contributed by atoms with van der Waals surface area (Å²) in [6.07, 6.45) is 1.54. The number of carbonyl (C=O) groups excluding carboxylic acids is 4. The van der Waals surface area contributed by atoms with E-state index in [1.807, 2.05) is 36.4 Å². The van der Waals surface area contributed by atoms with Gasteiger partial charge >= 0.3 is 0 Å². The van der Waals surface area contributed by atoms with Gasteiger partial charge in [-0.15, -0.1) is 0 Å². The SMILES string of the molecule is CCOc1cc(/C=C2\SC(=O)N(CC(=O)Nc3cccc4ccccc34)C2=O)ccc1OCC(N)=O. The molecule has 1 aliphatic rings. The van der Waals surface area contributed by atoms with Crippen LogP contribution in [0.5, 0.6) is 11.5 Å². The smallest absolute Gasteiger partial charge is 0.294 e. The van der Waals surface area contributed by atoms with Crippen LogP contribution in [0, 0.1) is 0 Å². The zero-order valence-corrected chi connectivity index (χ0v) is 20.2. The van der Waals surface area contributed by atoms with Gasteiger partial charge in [-0.3, -0.25) is 24.1 Å². The normalized spacial score (nSPS) is 14.4. The van der Waals surface area contributed by atoms with Crippen LogP contribution in [0.2, 0.25) is 0 Å². The average molecular weight is 506 g/mol. The topological polar surface area (TPSA) is 128 Å². The average Bonchev–Trinajstić information content (AvgIpc) is 3.11. The molecule has 3 aromatic rings. The Hall–Kier alpha value is -4.31. The molecular weight excluding hydrogens is 482 g/mol. The first-order valence-electron chi connectivity index (χ1n) is 11.1. The maximum absolute atomic E-state index is 12.9. The largest absolute Gasteiger partial charge is 0.490 e. The fourth-order valence-corrected chi connectivity index (χ4v) is 4.44. The maximum atomic E-state index is 12.9. The van der Waals surface area contributed by atoms with Crippen LogP contribution in [0.25, 0.3) is 16.8 Å². The second-order valence-corrected chi connectivity index (χ2v) is 8.73. The van der Waals surface area contributed by atoms with Crippen molar-refractivity contribution in [2.75, 3.05) is 25.1 Å². The van der Waals surface area contributed by atoms with E-state index in [9.17, 15) is 19.2 Å². The number of primary amides is 1. The molecule has 10 heteroatoms. The van der Waals surface area contributed by atoms with Gasteiger partial charge in [0.15, 0.2) is 18.1 Å². The number of nitrogens with one attached hydrogen (secondary N) is 1. The van der Waals surface area contributed by atoms with Crippen molar-refractivity contribution in [2.45, 2.75) is 6.92 Å². The first-order valence-corrected chi connectivity index (χ1v) is 11.9. The Morgan fingerprint density at radius 3 is 2.58 bits per heavy atom. The van der Waals surface area contributed by atoms with Crippen LogP contribution in [0.15, 0.2) is 65.6 Å². The summed E-state index contributed by atoms with van der Waals surface area (Å²) >= 11 is 0.750. The molecule has 0 unspecified atom stereocenters. The van der Waals surface area contributed by atoms with Crippen LogP contribution in [0.3, 0.4) is 0 Å². The number of fused-ring (bicyclic) bond motifs is 1. The molecule has 184 valence electrons. The summed E-state index contributed by atoms with van der Waals surface area (Å²) < 4.78 is 10.9. The van der Waals surface area contributed by atoms with Crippen molar-refractivity contribution >= 4 is 57.3 Å². The fourth-order valence-electron chi connectivity index (χ4n) is 3.61. The highest BCUT2D eigenvalue weighted by molar-refractivity contribution is 8.18. The van der Waals surface area contributed by atoms with E-state index in [1.54, 1.807) is 31.2 Å². The summed E-state index contributed by atoms with van der Waals surface area (Å²) in [5, 5.41) is 4.07.